The van der Waals surface area contributed by atoms with Crippen molar-refractivity contribution in [3.63, 3.8) is 0 Å². The Morgan fingerprint density at radius 3 is 2.14 bits per heavy atom. The molecule has 0 aliphatic carbocycles. The topological polar surface area (TPSA) is 63.3 Å². The van der Waals surface area contributed by atoms with E-state index in [4.69, 9.17) is 5.11 Å². The third-order valence-electron chi connectivity index (χ3n) is 0.412. The number of amides is 1. The van der Waals surface area contributed by atoms with E-state index >= 15 is 0 Å². The van der Waals surface area contributed by atoms with Crippen LogP contribution in [0.3, 0.4) is 0 Å². The fourth-order valence-corrected chi connectivity index (χ4v) is 0. The van der Waals surface area contributed by atoms with Crippen LogP contribution >= 0.6 is 0 Å². The summed E-state index contributed by atoms with van der Waals surface area (Å²) in [5.41, 5.74) is 4.55. The maximum absolute atomic E-state index is 9.67. The molecule has 0 radical (unpaired) electrons. The van der Waals surface area contributed by atoms with Crippen LogP contribution in [0.15, 0.2) is 0 Å². The first-order valence-corrected chi connectivity index (χ1v) is 1.62. The minimum absolute atomic E-state index is 0. The Morgan fingerprint density at radius 2 is 2.14 bits per heavy atom. The largest absolute Gasteiger partial charge is 2.00 e. The second-order valence-electron chi connectivity index (χ2n) is 1.08. The van der Waals surface area contributed by atoms with Gasteiger partial charge in [0.2, 0.25) is 5.91 Å². The molecule has 0 aromatic carbocycles. The van der Waals surface area contributed by atoms with E-state index in [0.717, 1.165) is 0 Å². The van der Waals surface area contributed by atoms with Gasteiger partial charge in [0.05, 0.1) is 0 Å². The molecule has 0 bridgehead atoms. The summed E-state index contributed by atoms with van der Waals surface area (Å²) in [4.78, 5) is 9.67. The van der Waals surface area contributed by atoms with Crippen molar-refractivity contribution in [1.29, 1.82) is 0 Å². The average Bonchev–Trinajstić information content (AvgIpc) is 1.36. The average molecular weight is 131 g/mol. The molecule has 0 fully saturated rings. The zero-order chi connectivity index (χ0) is 5.15. The molecule has 0 heterocycles. The minimum atomic E-state index is -1.01. The van der Waals surface area contributed by atoms with Gasteiger partial charge in [0.15, 0.2) is 0 Å². The van der Waals surface area contributed by atoms with Gasteiger partial charge in [-0.05, 0) is 6.92 Å². The van der Waals surface area contributed by atoms with Gasteiger partial charge in [0.1, 0.15) is 6.10 Å². The van der Waals surface area contributed by atoms with E-state index in [1.807, 2.05) is 0 Å². The number of rotatable bonds is 1. The first-order chi connectivity index (χ1) is 2.64. The van der Waals surface area contributed by atoms with Crippen molar-refractivity contribution < 1.29 is 12.8 Å². The summed E-state index contributed by atoms with van der Waals surface area (Å²) in [6.07, 6.45) is -1.01. The number of carbonyl (C=O) groups excluding carboxylic acids is 1. The third kappa shape index (κ3) is 6.69. The van der Waals surface area contributed by atoms with Gasteiger partial charge in [0.25, 0.3) is 0 Å². The van der Waals surface area contributed by atoms with Crippen LogP contribution in [-0.2, 0) is 4.79 Å². The van der Waals surface area contributed by atoms with Gasteiger partial charge in [-0.2, -0.15) is 0 Å². The molecule has 0 aromatic rings. The molecule has 0 spiro atoms. The Morgan fingerprint density at radius 1 is 2.00 bits per heavy atom. The summed E-state index contributed by atoms with van der Waals surface area (Å²) in [5.74, 6) is -0.685. The quantitative estimate of drug-likeness (QED) is 0.434. The molecule has 40 valence electrons. The molecule has 1 unspecified atom stereocenters. The van der Waals surface area contributed by atoms with Crippen molar-refractivity contribution in [1.82, 2.24) is 0 Å². The number of primary amides is 1. The molecule has 0 saturated heterocycles. The number of aliphatic hydroxyl groups excluding tert-OH is 1. The molecule has 0 saturated carbocycles. The van der Waals surface area contributed by atoms with E-state index in [1.54, 1.807) is 0 Å². The van der Waals surface area contributed by atoms with Gasteiger partial charge in [-0.3, -0.25) is 4.79 Å². The van der Waals surface area contributed by atoms with Crippen molar-refractivity contribution in [3.8, 4) is 0 Å². The fraction of sp³-hybridized carbons (Fsp3) is 0.667. The molecule has 0 rings (SSSR count). The minimum Gasteiger partial charge on any atom is -1.00 e. The van der Waals surface area contributed by atoms with Gasteiger partial charge >= 0.3 is 37.7 Å². The summed E-state index contributed by atoms with van der Waals surface area (Å²) in [5, 5.41) is 8.16. The Labute approximate surface area is 74.9 Å². The molecule has 7 heavy (non-hydrogen) atoms. The molecule has 1 amide bonds. The number of hydrogen-bond acceptors (Lipinski definition) is 2. The Kier molecular flexibility index (Phi) is 7.35. The maximum atomic E-state index is 9.67. The van der Waals surface area contributed by atoms with Crippen LogP contribution in [0.1, 0.15) is 9.78 Å². The molecule has 3 nitrogen and oxygen atoms in total. The summed E-state index contributed by atoms with van der Waals surface area (Å²) in [6.45, 7) is 1.32. The third-order valence-corrected chi connectivity index (χ3v) is 0.412. The van der Waals surface area contributed by atoms with Crippen molar-refractivity contribution in [3.05, 3.63) is 0 Å². The van der Waals surface area contributed by atoms with Crippen LogP contribution in [0.4, 0.5) is 0 Å². The number of aliphatic hydroxyl groups is 1. The normalized spacial score (nSPS) is 11.7. The summed E-state index contributed by atoms with van der Waals surface area (Å²) < 4.78 is 0. The predicted molar refractivity (Wildman–Crippen MR) is 28.9 cm³/mol. The molecule has 0 aliphatic rings. The first kappa shape index (κ1) is 10.6. The van der Waals surface area contributed by atoms with Gasteiger partial charge in [-0.1, -0.05) is 0 Å². The van der Waals surface area contributed by atoms with Gasteiger partial charge < -0.3 is 13.7 Å². The zero-order valence-corrected chi connectivity index (χ0v) is 6.43. The Balaban J connectivity index is -0.0000000417. The smallest absolute Gasteiger partial charge is 1.00 e. The Hall–Kier alpha value is 0.690. The van der Waals surface area contributed by atoms with Crippen LogP contribution in [0.25, 0.3) is 0 Å². The van der Waals surface area contributed by atoms with Crippen LogP contribution < -0.4 is 5.73 Å². The van der Waals surface area contributed by atoms with E-state index in [0.29, 0.717) is 0 Å². The molecule has 3 N–H and O–H groups in total. The van der Waals surface area contributed by atoms with Crippen molar-refractivity contribution in [2.45, 2.75) is 13.0 Å². The van der Waals surface area contributed by atoms with Gasteiger partial charge in [-0.25, -0.2) is 0 Å². The molecule has 1 atom stereocenters. The monoisotopic (exact) mass is 131 g/mol. The second-order valence-corrected chi connectivity index (χ2v) is 1.08. The fourth-order valence-electron chi connectivity index (χ4n) is 0. The summed E-state index contributed by atoms with van der Waals surface area (Å²) in [6, 6.07) is 0. The molecule has 0 aromatic heterocycles. The van der Waals surface area contributed by atoms with E-state index in [1.165, 1.54) is 6.92 Å². The SMILES string of the molecule is CC(O)C(N)=O.[Ca+2].[H-].[H-]. The second kappa shape index (κ2) is 4.84. The van der Waals surface area contributed by atoms with Gasteiger partial charge in [-0.15, -0.1) is 0 Å². The van der Waals surface area contributed by atoms with Crippen molar-refractivity contribution in [2.24, 2.45) is 5.73 Å². The number of carbonyl (C=O) groups is 1. The molecule has 0 aliphatic heterocycles. The zero-order valence-electron chi connectivity index (χ0n) is 6.22. The number of hydrogen-bond donors (Lipinski definition) is 2. The Bertz CT molecular complexity index is 70.8. The maximum Gasteiger partial charge on any atom is 2.00 e. The van der Waals surface area contributed by atoms with E-state index in [-0.39, 0.29) is 40.6 Å². The standard InChI is InChI=1S/C3H7NO2.Ca.2H/c1-2(5)3(4)6;;;/h2,5H,1H3,(H2,4,6);;;/q;+2;2*-1. The van der Waals surface area contributed by atoms with Gasteiger partial charge in [0, 0.05) is 0 Å². The van der Waals surface area contributed by atoms with Crippen LogP contribution in [-0.4, -0.2) is 54.9 Å². The summed E-state index contributed by atoms with van der Waals surface area (Å²) >= 11 is 0. The molecule has 4 heteroatoms. The van der Waals surface area contributed by atoms with Crippen LogP contribution in [0, 0.1) is 0 Å². The number of nitrogens with two attached hydrogens (primary N) is 1. The first-order valence-electron chi connectivity index (χ1n) is 1.62. The predicted octanol–water partition coefficient (Wildman–Crippen LogP) is -1.30. The molecular formula is C3H9CaNO2. The van der Waals surface area contributed by atoms with E-state index in [9.17, 15) is 4.79 Å². The van der Waals surface area contributed by atoms with Crippen LogP contribution in [0.2, 0.25) is 0 Å². The van der Waals surface area contributed by atoms with Crippen molar-refractivity contribution >= 4 is 43.6 Å². The van der Waals surface area contributed by atoms with E-state index in [2.05, 4.69) is 5.73 Å². The van der Waals surface area contributed by atoms with E-state index < -0.39 is 12.0 Å². The molecular weight excluding hydrogens is 122 g/mol. The van der Waals surface area contributed by atoms with Crippen molar-refractivity contribution in [2.75, 3.05) is 0 Å². The van der Waals surface area contributed by atoms with Crippen LogP contribution in [0.5, 0.6) is 0 Å². The summed E-state index contributed by atoms with van der Waals surface area (Å²) in [7, 11) is 0.